The van der Waals surface area contributed by atoms with E-state index in [0.717, 1.165) is 36.1 Å². The Bertz CT molecular complexity index is 533. The van der Waals surface area contributed by atoms with Crippen LogP contribution in [-0.4, -0.2) is 28.1 Å². The number of nitrogens with zero attached hydrogens (tertiary/aromatic N) is 2. The molecule has 17 heavy (non-hydrogen) atoms. The van der Waals surface area contributed by atoms with Crippen LogP contribution in [0.25, 0.3) is 10.8 Å². The number of aromatic hydroxyl groups is 1. The Labute approximate surface area is 101 Å². The van der Waals surface area contributed by atoms with Crippen LogP contribution in [0.2, 0.25) is 0 Å². The summed E-state index contributed by atoms with van der Waals surface area (Å²) in [6, 6.07) is 7.51. The molecular weight excluding hydrogens is 212 g/mol. The van der Waals surface area contributed by atoms with Gasteiger partial charge in [0.25, 0.3) is 0 Å². The molecule has 2 heterocycles. The number of likely N-dealkylation sites (tertiary alicyclic amines) is 1. The summed E-state index contributed by atoms with van der Waals surface area (Å²) in [4.78, 5) is 6.88. The van der Waals surface area contributed by atoms with Gasteiger partial charge in [0.15, 0.2) is 0 Å². The average molecular weight is 228 g/mol. The van der Waals surface area contributed by atoms with Crippen LogP contribution in [0.5, 0.6) is 5.75 Å². The first-order valence-electron chi connectivity index (χ1n) is 6.12. The van der Waals surface area contributed by atoms with Gasteiger partial charge >= 0.3 is 0 Å². The van der Waals surface area contributed by atoms with E-state index in [4.69, 9.17) is 0 Å². The van der Waals surface area contributed by atoms with E-state index in [1.165, 1.54) is 12.8 Å². The quantitative estimate of drug-likeness (QED) is 0.858. The van der Waals surface area contributed by atoms with Gasteiger partial charge in [-0.1, -0.05) is 12.1 Å². The maximum atomic E-state index is 9.82. The molecule has 1 aromatic heterocycles. The van der Waals surface area contributed by atoms with E-state index in [-0.39, 0.29) is 0 Å². The van der Waals surface area contributed by atoms with Crippen LogP contribution in [0.4, 0.5) is 0 Å². The normalized spacial score (nSPS) is 16.7. The third kappa shape index (κ3) is 1.98. The second-order valence-corrected chi connectivity index (χ2v) is 4.61. The fourth-order valence-electron chi connectivity index (χ4n) is 2.53. The number of aromatic nitrogens is 1. The van der Waals surface area contributed by atoms with E-state index in [9.17, 15) is 5.11 Å². The van der Waals surface area contributed by atoms with Crippen molar-refractivity contribution < 1.29 is 5.11 Å². The molecule has 88 valence electrons. The Morgan fingerprint density at radius 1 is 1.12 bits per heavy atom. The Kier molecular flexibility index (Phi) is 2.69. The number of phenolic OH excluding ortho intramolecular Hbond substituents is 1. The van der Waals surface area contributed by atoms with E-state index in [2.05, 4.69) is 9.88 Å². The van der Waals surface area contributed by atoms with Gasteiger partial charge in [0, 0.05) is 23.5 Å². The van der Waals surface area contributed by atoms with Crippen LogP contribution in [0.3, 0.4) is 0 Å². The van der Waals surface area contributed by atoms with E-state index >= 15 is 0 Å². The Morgan fingerprint density at radius 2 is 1.94 bits per heavy atom. The minimum atomic E-state index is 0.340. The van der Waals surface area contributed by atoms with Crippen molar-refractivity contribution in [3.05, 3.63) is 36.2 Å². The van der Waals surface area contributed by atoms with Crippen LogP contribution >= 0.6 is 0 Å². The number of pyridine rings is 1. The standard InChI is InChI=1S/C14H16N2O/c17-14-5-3-4-11-12(14)6-7-15-13(11)10-16-8-1-2-9-16/h3-7,17H,1-2,8-10H2. The highest BCUT2D eigenvalue weighted by atomic mass is 16.3. The summed E-state index contributed by atoms with van der Waals surface area (Å²) < 4.78 is 0. The van der Waals surface area contributed by atoms with E-state index < -0.39 is 0 Å². The van der Waals surface area contributed by atoms with Crippen LogP contribution in [0.15, 0.2) is 30.5 Å². The van der Waals surface area contributed by atoms with Crippen LogP contribution < -0.4 is 0 Å². The smallest absolute Gasteiger partial charge is 0.123 e. The minimum absolute atomic E-state index is 0.340. The number of hydrogen-bond donors (Lipinski definition) is 1. The molecule has 1 fully saturated rings. The van der Waals surface area contributed by atoms with Crippen molar-refractivity contribution in [3.63, 3.8) is 0 Å². The van der Waals surface area contributed by atoms with Crippen molar-refractivity contribution in [3.8, 4) is 5.75 Å². The summed E-state index contributed by atoms with van der Waals surface area (Å²) in [6.45, 7) is 3.22. The van der Waals surface area contributed by atoms with Crippen LogP contribution in [0, 0.1) is 0 Å². The molecule has 3 rings (SSSR count). The molecule has 0 atom stereocenters. The second-order valence-electron chi connectivity index (χ2n) is 4.61. The zero-order valence-electron chi connectivity index (χ0n) is 9.76. The maximum Gasteiger partial charge on any atom is 0.123 e. The molecule has 1 aliphatic heterocycles. The zero-order valence-corrected chi connectivity index (χ0v) is 9.76. The third-order valence-electron chi connectivity index (χ3n) is 3.44. The number of fused-ring (bicyclic) bond motifs is 1. The second kappa shape index (κ2) is 4.34. The molecule has 0 spiro atoms. The van der Waals surface area contributed by atoms with E-state index in [1.807, 2.05) is 18.2 Å². The topological polar surface area (TPSA) is 36.4 Å². The lowest BCUT2D eigenvalue weighted by Gasteiger charge is -2.15. The molecule has 0 unspecified atom stereocenters. The van der Waals surface area contributed by atoms with Gasteiger partial charge in [-0.25, -0.2) is 0 Å². The first-order chi connectivity index (χ1) is 8.34. The van der Waals surface area contributed by atoms with Crippen molar-refractivity contribution in [1.82, 2.24) is 9.88 Å². The van der Waals surface area contributed by atoms with Crippen molar-refractivity contribution >= 4 is 10.8 Å². The molecule has 1 aliphatic rings. The monoisotopic (exact) mass is 228 g/mol. The lowest BCUT2D eigenvalue weighted by Crippen LogP contribution is -2.19. The molecule has 0 saturated carbocycles. The van der Waals surface area contributed by atoms with Gasteiger partial charge in [0.1, 0.15) is 5.75 Å². The molecule has 1 aromatic carbocycles. The summed E-state index contributed by atoms with van der Waals surface area (Å²) in [5.74, 6) is 0.340. The molecule has 3 heteroatoms. The first-order valence-corrected chi connectivity index (χ1v) is 6.12. The van der Waals surface area contributed by atoms with Gasteiger partial charge in [-0.2, -0.15) is 0 Å². The summed E-state index contributed by atoms with van der Waals surface area (Å²) in [5, 5.41) is 11.8. The lowest BCUT2D eigenvalue weighted by atomic mass is 10.1. The highest BCUT2D eigenvalue weighted by molar-refractivity contribution is 5.89. The molecule has 1 N–H and O–H groups in total. The largest absolute Gasteiger partial charge is 0.507 e. The zero-order chi connectivity index (χ0) is 11.7. The lowest BCUT2D eigenvalue weighted by molar-refractivity contribution is 0.328. The Balaban J connectivity index is 2.01. The van der Waals surface area contributed by atoms with Gasteiger partial charge in [0.05, 0.1) is 5.69 Å². The van der Waals surface area contributed by atoms with E-state index in [1.54, 1.807) is 12.3 Å². The molecule has 0 aliphatic carbocycles. The molecule has 0 bridgehead atoms. The highest BCUT2D eigenvalue weighted by Gasteiger charge is 2.14. The molecular formula is C14H16N2O. The van der Waals surface area contributed by atoms with Gasteiger partial charge in [0.2, 0.25) is 0 Å². The summed E-state index contributed by atoms with van der Waals surface area (Å²) in [5.41, 5.74) is 1.07. The Morgan fingerprint density at radius 3 is 2.76 bits per heavy atom. The SMILES string of the molecule is Oc1cccc2c(CN3CCCC3)nccc12. The fraction of sp³-hybridized carbons (Fsp3) is 0.357. The van der Waals surface area contributed by atoms with Crippen molar-refractivity contribution in [2.24, 2.45) is 0 Å². The van der Waals surface area contributed by atoms with E-state index in [0.29, 0.717) is 5.75 Å². The molecule has 1 saturated heterocycles. The van der Waals surface area contributed by atoms with Crippen molar-refractivity contribution in [2.75, 3.05) is 13.1 Å². The predicted octanol–water partition coefficient (Wildman–Crippen LogP) is 2.54. The summed E-state index contributed by atoms with van der Waals surface area (Å²) in [7, 11) is 0. The minimum Gasteiger partial charge on any atom is -0.507 e. The molecule has 0 radical (unpaired) electrons. The van der Waals surface area contributed by atoms with Gasteiger partial charge in [-0.05, 0) is 38.1 Å². The van der Waals surface area contributed by atoms with Crippen molar-refractivity contribution in [2.45, 2.75) is 19.4 Å². The average Bonchev–Trinajstić information content (AvgIpc) is 2.83. The van der Waals surface area contributed by atoms with Gasteiger partial charge in [-0.3, -0.25) is 9.88 Å². The number of phenols is 1. The van der Waals surface area contributed by atoms with Crippen LogP contribution in [0.1, 0.15) is 18.5 Å². The molecule has 0 amide bonds. The first kappa shape index (κ1) is 10.5. The maximum absolute atomic E-state index is 9.82. The Hall–Kier alpha value is -1.61. The number of benzene rings is 1. The molecule has 2 aromatic rings. The third-order valence-corrected chi connectivity index (χ3v) is 3.44. The van der Waals surface area contributed by atoms with Gasteiger partial charge in [-0.15, -0.1) is 0 Å². The summed E-state index contributed by atoms with van der Waals surface area (Å²) >= 11 is 0. The molecule has 3 nitrogen and oxygen atoms in total. The summed E-state index contributed by atoms with van der Waals surface area (Å²) in [6.07, 6.45) is 4.36. The number of hydrogen-bond acceptors (Lipinski definition) is 3. The van der Waals surface area contributed by atoms with Crippen molar-refractivity contribution in [1.29, 1.82) is 0 Å². The predicted molar refractivity (Wildman–Crippen MR) is 67.9 cm³/mol. The number of rotatable bonds is 2. The van der Waals surface area contributed by atoms with Gasteiger partial charge < -0.3 is 5.11 Å². The highest BCUT2D eigenvalue weighted by Crippen LogP contribution is 2.26. The van der Waals surface area contributed by atoms with Crippen LogP contribution in [-0.2, 0) is 6.54 Å². The fourth-order valence-corrected chi connectivity index (χ4v) is 2.53.